The maximum Gasteiger partial charge on any atom is 0.252 e. The Morgan fingerprint density at radius 1 is 1.29 bits per heavy atom. The zero-order valence-corrected chi connectivity index (χ0v) is 16.0. The molecule has 2 aromatic heterocycles. The Balaban J connectivity index is 2.06. The van der Waals surface area contributed by atoms with Crippen LogP contribution in [-0.2, 0) is 0 Å². The highest BCUT2D eigenvalue weighted by Gasteiger charge is 2.11. The van der Waals surface area contributed by atoms with E-state index in [0.717, 1.165) is 17.5 Å². The van der Waals surface area contributed by atoms with Crippen LogP contribution in [0.5, 0.6) is 0 Å². The zero-order valence-electron chi connectivity index (χ0n) is 13.9. The van der Waals surface area contributed by atoms with Crippen LogP contribution < -0.4 is 10.9 Å². The molecule has 3 aromatic rings. The lowest BCUT2D eigenvalue weighted by atomic mass is 10.2. The second kappa shape index (κ2) is 6.88. The van der Waals surface area contributed by atoms with Crippen molar-refractivity contribution in [3.63, 3.8) is 0 Å². The third kappa shape index (κ3) is 3.28. The van der Waals surface area contributed by atoms with Gasteiger partial charge in [0, 0.05) is 32.9 Å². The molecule has 1 N–H and O–H groups in total. The summed E-state index contributed by atoms with van der Waals surface area (Å²) in [5.41, 5.74) is 2.78. The Morgan fingerprint density at radius 3 is 2.79 bits per heavy atom. The summed E-state index contributed by atoms with van der Waals surface area (Å²) >= 11 is 2.30. The number of rotatable bonds is 4. The molecule has 1 unspecified atom stereocenters. The lowest BCUT2D eigenvalue weighted by Crippen LogP contribution is -2.23. The summed E-state index contributed by atoms with van der Waals surface area (Å²) in [6.45, 7) is 6.16. The highest BCUT2D eigenvalue weighted by atomic mass is 127. The van der Waals surface area contributed by atoms with Gasteiger partial charge in [-0.05, 0) is 66.6 Å². The minimum Gasteiger partial charge on any atom is -0.324 e. The van der Waals surface area contributed by atoms with E-state index in [1.807, 2.05) is 13.0 Å². The molecule has 124 valence electrons. The van der Waals surface area contributed by atoms with Crippen molar-refractivity contribution in [3.8, 4) is 0 Å². The molecule has 0 amide bonds. The molecular weight excluding hydrogens is 415 g/mol. The normalized spacial score (nSPS) is 12.3. The van der Waals surface area contributed by atoms with Crippen LogP contribution in [-0.4, -0.2) is 14.5 Å². The molecule has 24 heavy (non-hydrogen) atoms. The van der Waals surface area contributed by atoms with Crippen LogP contribution in [0.4, 0.5) is 11.6 Å². The Kier molecular flexibility index (Phi) is 4.84. The van der Waals surface area contributed by atoms with E-state index in [1.165, 1.54) is 9.13 Å². The minimum absolute atomic E-state index is 0.0358. The van der Waals surface area contributed by atoms with Crippen molar-refractivity contribution < 1.29 is 0 Å². The standard InChI is InChI=1S/C18H19IN4O/c1-4-12(3)23-16(24)8-6-13-10-20-18(22-17(13)23)21-14-7-5-11(2)15(19)9-14/h5-10,12H,4H2,1-3H3,(H,20,21,22). The summed E-state index contributed by atoms with van der Waals surface area (Å²) in [4.78, 5) is 21.2. The molecule has 0 saturated heterocycles. The number of nitrogens with one attached hydrogen (secondary N) is 1. The van der Waals surface area contributed by atoms with E-state index in [-0.39, 0.29) is 11.6 Å². The number of aryl methyl sites for hydroxylation is 1. The molecule has 2 heterocycles. The van der Waals surface area contributed by atoms with Crippen molar-refractivity contribution in [1.29, 1.82) is 0 Å². The molecule has 0 spiro atoms. The summed E-state index contributed by atoms with van der Waals surface area (Å²) in [5, 5.41) is 4.09. The fourth-order valence-electron chi connectivity index (χ4n) is 2.51. The van der Waals surface area contributed by atoms with Gasteiger partial charge in [0.2, 0.25) is 5.95 Å². The number of hydrogen-bond acceptors (Lipinski definition) is 4. The van der Waals surface area contributed by atoms with E-state index in [9.17, 15) is 4.79 Å². The number of aromatic nitrogens is 3. The van der Waals surface area contributed by atoms with E-state index in [1.54, 1.807) is 22.9 Å². The predicted molar refractivity (Wildman–Crippen MR) is 106 cm³/mol. The Bertz CT molecular complexity index is 951. The summed E-state index contributed by atoms with van der Waals surface area (Å²) < 4.78 is 2.91. The highest BCUT2D eigenvalue weighted by molar-refractivity contribution is 14.1. The van der Waals surface area contributed by atoms with Crippen LogP contribution in [0.15, 0.2) is 41.3 Å². The largest absolute Gasteiger partial charge is 0.324 e. The molecule has 1 aromatic carbocycles. The number of pyridine rings is 1. The summed E-state index contributed by atoms with van der Waals surface area (Å²) in [6.07, 6.45) is 2.62. The quantitative estimate of drug-likeness (QED) is 0.618. The third-order valence-electron chi connectivity index (χ3n) is 4.13. The van der Waals surface area contributed by atoms with Crippen LogP contribution in [0.25, 0.3) is 11.0 Å². The van der Waals surface area contributed by atoms with Crippen LogP contribution in [0, 0.1) is 10.5 Å². The Labute approximate surface area is 154 Å². The number of fused-ring (bicyclic) bond motifs is 1. The molecule has 0 saturated carbocycles. The maximum atomic E-state index is 12.3. The van der Waals surface area contributed by atoms with Crippen LogP contribution in [0.3, 0.4) is 0 Å². The minimum atomic E-state index is -0.0358. The van der Waals surface area contributed by atoms with Gasteiger partial charge in [0.25, 0.3) is 5.56 Å². The van der Waals surface area contributed by atoms with E-state index in [2.05, 4.69) is 63.9 Å². The van der Waals surface area contributed by atoms with Gasteiger partial charge >= 0.3 is 0 Å². The van der Waals surface area contributed by atoms with Gasteiger partial charge in [-0.25, -0.2) is 4.98 Å². The van der Waals surface area contributed by atoms with Crippen LogP contribution >= 0.6 is 22.6 Å². The Morgan fingerprint density at radius 2 is 2.08 bits per heavy atom. The number of anilines is 2. The van der Waals surface area contributed by atoms with Crippen molar-refractivity contribution in [2.45, 2.75) is 33.2 Å². The predicted octanol–water partition coefficient (Wildman–Crippen LogP) is 4.42. The molecule has 0 bridgehead atoms. The van der Waals surface area contributed by atoms with Crippen molar-refractivity contribution in [2.75, 3.05) is 5.32 Å². The summed E-state index contributed by atoms with van der Waals surface area (Å²) in [5.74, 6) is 0.491. The molecule has 1 atom stereocenters. The molecule has 0 radical (unpaired) electrons. The van der Waals surface area contributed by atoms with Crippen molar-refractivity contribution >= 4 is 45.3 Å². The average Bonchev–Trinajstić information content (AvgIpc) is 2.57. The Hall–Kier alpha value is -1.96. The van der Waals surface area contributed by atoms with E-state index in [4.69, 9.17) is 0 Å². The number of benzene rings is 1. The van der Waals surface area contributed by atoms with Gasteiger partial charge in [0.1, 0.15) is 5.65 Å². The zero-order chi connectivity index (χ0) is 17.3. The molecule has 0 fully saturated rings. The van der Waals surface area contributed by atoms with Crippen LogP contribution in [0.1, 0.15) is 31.9 Å². The molecule has 0 aliphatic heterocycles. The molecular formula is C18H19IN4O. The first-order valence-corrected chi connectivity index (χ1v) is 8.99. The van der Waals surface area contributed by atoms with Gasteiger partial charge in [-0.3, -0.25) is 9.36 Å². The van der Waals surface area contributed by atoms with E-state index < -0.39 is 0 Å². The topological polar surface area (TPSA) is 59.8 Å². The second-order valence-electron chi connectivity index (χ2n) is 5.86. The first-order chi connectivity index (χ1) is 11.5. The van der Waals surface area contributed by atoms with Gasteiger partial charge in [0.05, 0.1) is 0 Å². The lowest BCUT2D eigenvalue weighted by Gasteiger charge is -2.16. The molecule has 0 aliphatic rings. The number of halogens is 1. The molecule has 5 nitrogen and oxygen atoms in total. The fraction of sp³-hybridized carbons (Fsp3) is 0.278. The van der Waals surface area contributed by atoms with Crippen molar-refractivity contribution in [1.82, 2.24) is 14.5 Å². The van der Waals surface area contributed by atoms with Crippen molar-refractivity contribution in [3.05, 3.63) is 56.0 Å². The number of nitrogens with zero attached hydrogens (tertiary/aromatic N) is 3. The fourth-order valence-corrected chi connectivity index (χ4v) is 3.02. The van der Waals surface area contributed by atoms with Gasteiger partial charge < -0.3 is 5.32 Å². The monoisotopic (exact) mass is 434 g/mol. The van der Waals surface area contributed by atoms with E-state index >= 15 is 0 Å². The van der Waals surface area contributed by atoms with Gasteiger partial charge in [-0.15, -0.1) is 0 Å². The summed E-state index contributed by atoms with van der Waals surface area (Å²) in [6, 6.07) is 9.54. The average molecular weight is 434 g/mol. The van der Waals surface area contributed by atoms with Gasteiger partial charge in [0.15, 0.2) is 0 Å². The smallest absolute Gasteiger partial charge is 0.252 e. The van der Waals surface area contributed by atoms with Gasteiger partial charge in [-0.2, -0.15) is 4.98 Å². The number of hydrogen-bond donors (Lipinski definition) is 1. The van der Waals surface area contributed by atoms with Crippen LogP contribution in [0.2, 0.25) is 0 Å². The third-order valence-corrected chi connectivity index (χ3v) is 5.29. The van der Waals surface area contributed by atoms with E-state index in [0.29, 0.717) is 11.6 Å². The van der Waals surface area contributed by atoms with Crippen molar-refractivity contribution in [2.24, 2.45) is 0 Å². The molecule has 6 heteroatoms. The second-order valence-corrected chi connectivity index (χ2v) is 7.02. The summed E-state index contributed by atoms with van der Waals surface area (Å²) in [7, 11) is 0. The molecule has 3 rings (SSSR count). The molecule has 0 aliphatic carbocycles. The SMILES string of the molecule is CCC(C)n1c(=O)ccc2cnc(Nc3ccc(C)c(I)c3)nc21. The first-order valence-electron chi connectivity index (χ1n) is 7.91. The first kappa shape index (κ1) is 16.9. The highest BCUT2D eigenvalue weighted by Crippen LogP contribution is 2.21. The lowest BCUT2D eigenvalue weighted by molar-refractivity contribution is 0.528. The maximum absolute atomic E-state index is 12.3. The van der Waals surface area contributed by atoms with Gasteiger partial charge in [-0.1, -0.05) is 13.0 Å².